The van der Waals surface area contributed by atoms with Crippen LogP contribution in [0.1, 0.15) is 26.2 Å². The Hall–Kier alpha value is -0.270. The van der Waals surface area contributed by atoms with E-state index in [-0.39, 0.29) is 6.61 Å². The number of hydrogen-bond donors (Lipinski definition) is 2. The summed E-state index contributed by atoms with van der Waals surface area (Å²) >= 11 is 0. The van der Waals surface area contributed by atoms with Crippen LogP contribution in [0, 0.1) is 0 Å². The maximum absolute atomic E-state index is 8.92. The van der Waals surface area contributed by atoms with Gasteiger partial charge < -0.3 is 15.3 Å². The first-order valence-corrected chi connectivity index (χ1v) is 10.4. The van der Waals surface area contributed by atoms with Crippen LogP contribution in [0.2, 0.25) is 0 Å². The molecule has 0 aromatic carbocycles. The van der Waals surface area contributed by atoms with Gasteiger partial charge in [0.2, 0.25) is 0 Å². The summed E-state index contributed by atoms with van der Waals surface area (Å²) in [5.74, 6) is 1.15. The maximum Gasteiger partial charge on any atom is 0.106 e. The first kappa shape index (κ1) is 19.8. The third-order valence-electron chi connectivity index (χ3n) is 3.30. The van der Waals surface area contributed by atoms with E-state index in [9.17, 15) is 0 Å². The largest absolute Gasteiger partial charge is 0.395 e. The third-order valence-corrected chi connectivity index (χ3v) is 5.66. The summed E-state index contributed by atoms with van der Waals surface area (Å²) in [7, 11) is 3.63. The summed E-state index contributed by atoms with van der Waals surface area (Å²) in [5.41, 5.74) is 0. The molecule has 4 nitrogen and oxygen atoms in total. The molecule has 0 atom stereocenters. The second-order valence-electron chi connectivity index (χ2n) is 5.04. The molecule has 1 rings (SSSR count). The van der Waals surface area contributed by atoms with Crippen molar-refractivity contribution in [1.82, 2.24) is 15.2 Å². The summed E-state index contributed by atoms with van der Waals surface area (Å²) in [6, 6.07) is 6.02. The highest BCUT2D eigenvalue weighted by Crippen LogP contribution is 2.29. The van der Waals surface area contributed by atoms with Crippen molar-refractivity contribution in [2.45, 2.75) is 31.2 Å². The maximum atomic E-state index is 8.92. The van der Waals surface area contributed by atoms with Gasteiger partial charge in [-0.05, 0) is 68.4 Å². The minimum Gasteiger partial charge on any atom is -0.395 e. The lowest BCUT2D eigenvalue weighted by atomic mass is 10.3. The molecule has 0 spiro atoms. The van der Waals surface area contributed by atoms with Crippen LogP contribution in [0.15, 0.2) is 29.4 Å². The van der Waals surface area contributed by atoms with E-state index >= 15 is 0 Å². The van der Waals surface area contributed by atoms with Crippen LogP contribution in [0.3, 0.4) is 0 Å². The van der Waals surface area contributed by atoms with Crippen molar-refractivity contribution in [3.63, 3.8) is 0 Å². The zero-order chi connectivity index (χ0) is 15.9. The normalized spacial score (nSPS) is 11.2. The molecule has 1 aromatic heterocycles. The molecule has 0 aliphatic rings. The number of nitrogens with one attached hydrogen (secondary N) is 1. The van der Waals surface area contributed by atoms with Crippen LogP contribution in [0.5, 0.6) is 0 Å². The number of aromatic nitrogens is 1. The molecule has 0 aliphatic carbocycles. The molecule has 126 valence electrons. The Balaban J connectivity index is 1.83. The molecule has 0 bridgehead atoms. The fourth-order valence-electron chi connectivity index (χ4n) is 2.03. The van der Waals surface area contributed by atoms with Gasteiger partial charge in [0.15, 0.2) is 0 Å². The Kier molecular flexibility index (Phi) is 12.9. The predicted octanol–water partition coefficient (Wildman–Crippen LogP) is 2.90. The van der Waals surface area contributed by atoms with Gasteiger partial charge in [0, 0.05) is 18.5 Å². The molecule has 1 aromatic rings. The van der Waals surface area contributed by atoms with Gasteiger partial charge in [-0.1, -0.05) is 23.8 Å². The highest BCUT2D eigenvalue weighted by atomic mass is 33.1. The first-order chi connectivity index (χ1) is 10.9. The zero-order valence-electron chi connectivity index (χ0n) is 13.5. The minimum absolute atomic E-state index is 0.264. The lowest BCUT2D eigenvalue weighted by Gasteiger charge is -2.18. The lowest BCUT2D eigenvalue weighted by molar-refractivity contribution is 0.199. The van der Waals surface area contributed by atoms with Crippen LogP contribution in [-0.2, 0) is 0 Å². The van der Waals surface area contributed by atoms with Crippen LogP contribution in [-0.4, -0.2) is 60.1 Å². The molecular weight excluding hydrogens is 314 g/mol. The van der Waals surface area contributed by atoms with Crippen LogP contribution >= 0.6 is 21.6 Å². The summed E-state index contributed by atoms with van der Waals surface area (Å²) in [5, 5.41) is 13.5. The van der Waals surface area contributed by atoms with Gasteiger partial charge in [-0.25, -0.2) is 4.98 Å². The number of likely N-dealkylation sites (N-methyl/N-ethyl adjacent to an activating group) is 1. The summed E-state index contributed by atoms with van der Waals surface area (Å²) in [6.45, 7) is 7.51. The highest BCUT2D eigenvalue weighted by molar-refractivity contribution is 8.76. The van der Waals surface area contributed by atoms with Gasteiger partial charge in [0.25, 0.3) is 0 Å². The molecule has 0 unspecified atom stereocenters. The van der Waals surface area contributed by atoms with Crippen molar-refractivity contribution >= 4 is 21.6 Å². The van der Waals surface area contributed by atoms with Crippen LogP contribution < -0.4 is 5.32 Å². The highest BCUT2D eigenvalue weighted by Gasteiger charge is 2.00. The minimum atomic E-state index is 0.264. The Morgan fingerprint density at radius 1 is 1.18 bits per heavy atom. The average Bonchev–Trinajstić information content (AvgIpc) is 2.56. The van der Waals surface area contributed by atoms with Gasteiger partial charge >= 0.3 is 0 Å². The Morgan fingerprint density at radius 3 is 2.77 bits per heavy atom. The summed E-state index contributed by atoms with van der Waals surface area (Å²) in [4.78, 5) is 6.58. The van der Waals surface area contributed by atoms with E-state index in [1.165, 1.54) is 19.3 Å². The standard InChI is InChI=1S/C16H29N3OS2/c1-2-19(13-14-20)12-6-5-9-17-10-7-15-21-22-16-8-3-4-11-18-16/h3-4,8,11,17,20H,2,5-7,9-10,12-15H2,1H3. The average molecular weight is 344 g/mol. The molecular formula is C16H29N3OS2. The van der Waals surface area contributed by atoms with Crippen molar-refractivity contribution in [3.05, 3.63) is 24.4 Å². The second kappa shape index (κ2) is 14.3. The summed E-state index contributed by atoms with van der Waals surface area (Å²) < 4.78 is 0. The van der Waals surface area contributed by atoms with E-state index in [0.29, 0.717) is 0 Å². The molecule has 2 N–H and O–H groups in total. The number of nitrogens with zero attached hydrogens (tertiary/aromatic N) is 2. The lowest BCUT2D eigenvalue weighted by Crippen LogP contribution is -2.28. The molecule has 0 saturated carbocycles. The third kappa shape index (κ3) is 10.5. The Labute approximate surface area is 142 Å². The molecule has 0 radical (unpaired) electrons. The van der Waals surface area contributed by atoms with Gasteiger partial charge in [0.05, 0.1) is 6.61 Å². The molecule has 0 amide bonds. The summed E-state index contributed by atoms with van der Waals surface area (Å²) in [6.07, 6.45) is 5.43. The Bertz CT molecular complexity index is 355. The quantitative estimate of drug-likeness (QED) is 0.400. The number of aliphatic hydroxyl groups excluding tert-OH is 1. The number of hydrogen-bond acceptors (Lipinski definition) is 6. The van der Waals surface area contributed by atoms with E-state index in [1.807, 2.05) is 35.2 Å². The van der Waals surface area contributed by atoms with Crippen LogP contribution in [0.25, 0.3) is 0 Å². The van der Waals surface area contributed by atoms with Crippen LogP contribution in [0.4, 0.5) is 0 Å². The van der Waals surface area contributed by atoms with E-state index in [4.69, 9.17) is 5.11 Å². The number of unbranched alkanes of at least 4 members (excludes halogenated alkanes) is 1. The van der Waals surface area contributed by atoms with E-state index in [1.54, 1.807) is 10.8 Å². The Morgan fingerprint density at radius 2 is 2.05 bits per heavy atom. The SMILES string of the molecule is CCN(CCO)CCCCNCCCSSc1ccccn1. The monoisotopic (exact) mass is 343 g/mol. The van der Waals surface area contributed by atoms with Gasteiger partial charge in [-0.3, -0.25) is 0 Å². The predicted molar refractivity (Wildman–Crippen MR) is 98.5 cm³/mol. The van der Waals surface area contributed by atoms with E-state index in [2.05, 4.69) is 22.1 Å². The first-order valence-electron chi connectivity index (χ1n) is 8.11. The van der Waals surface area contributed by atoms with Gasteiger partial charge in [0.1, 0.15) is 5.03 Å². The number of aliphatic hydroxyl groups is 1. The smallest absolute Gasteiger partial charge is 0.106 e. The fraction of sp³-hybridized carbons (Fsp3) is 0.688. The van der Waals surface area contributed by atoms with Gasteiger partial charge in [-0.2, -0.15) is 0 Å². The topological polar surface area (TPSA) is 48.4 Å². The fourth-order valence-corrected chi connectivity index (χ4v) is 4.00. The second-order valence-corrected chi connectivity index (χ2v) is 7.48. The van der Waals surface area contributed by atoms with Crippen molar-refractivity contribution in [1.29, 1.82) is 0 Å². The molecule has 0 fully saturated rings. The number of rotatable bonds is 14. The molecule has 22 heavy (non-hydrogen) atoms. The molecule has 0 saturated heterocycles. The van der Waals surface area contributed by atoms with Gasteiger partial charge in [-0.15, -0.1) is 0 Å². The van der Waals surface area contributed by atoms with E-state index < -0.39 is 0 Å². The number of pyridine rings is 1. The molecule has 6 heteroatoms. The molecule has 0 aliphatic heterocycles. The van der Waals surface area contributed by atoms with Crippen molar-refractivity contribution in [2.24, 2.45) is 0 Å². The van der Waals surface area contributed by atoms with Crippen molar-refractivity contribution in [2.75, 3.05) is 45.1 Å². The van der Waals surface area contributed by atoms with Crippen molar-refractivity contribution < 1.29 is 5.11 Å². The molecule has 1 heterocycles. The van der Waals surface area contributed by atoms with E-state index in [0.717, 1.165) is 43.5 Å². The van der Waals surface area contributed by atoms with Crippen molar-refractivity contribution in [3.8, 4) is 0 Å². The zero-order valence-corrected chi connectivity index (χ0v) is 15.2.